The maximum atomic E-state index is 11.7. The number of thiophene rings is 1. The molecule has 134 valence electrons. The van der Waals surface area contributed by atoms with Crippen LogP contribution >= 0.6 is 11.3 Å². The Kier molecular flexibility index (Phi) is 5.82. The SMILES string of the molecule is O=C(O)c1ccc(CCc2ccc(N(c3cccs3)S(=O)O)cc2)cc1. The zero-order chi connectivity index (χ0) is 18.5. The summed E-state index contributed by atoms with van der Waals surface area (Å²) in [6, 6.07) is 18.0. The number of aryl methyl sites for hydroxylation is 2. The first-order chi connectivity index (χ1) is 12.5. The summed E-state index contributed by atoms with van der Waals surface area (Å²) in [4.78, 5) is 10.9. The van der Waals surface area contributed by atoms with Gasteiger partial charge in [0, 0.05) is 0 Å². The number of rotatable bonds is 7. The van der Waals surface area contributed by atoms with Gasteiger partial charge in [0.25, 0.3) is 11.3 Å². The molecule has 3 rings (SSSR count). The van der Waals surface area contributed by atoms with Gasteiger partial charge in [-0.05, 0) is 65.7 Å². The van der Waals surface area contributed by atoms with E-state index in [-0.39, 0.29) is 5.56 Å². The molecule has 0 aliphatic rings. The number of anilines is 2. The first-order valence-corrected chi connectivity index (χ1v) is 9.85. The van der Waals surface area contributed by atoms with Gasteiger partial charge in [0.2, 0.25) is 0 Å². The van der Waals surface area contributed by atoms with Crippen LogP contribution in [0.2, 0.25) is 0 Å². The van der Waals surface area contributed by atoms with Gasteiger partial charge in [0.1, 0.15) is 5.00 Å². The second kappa shape index (κ2) is 8.27. The zero-order valence-corrected chi connectivity index (χ0v) is 15.4. The molecule has 0 saturated heterocycles. The van der Waals surface area contributed by atoms with Gasteiger partial charge in [0.05, 0.1) is 11.3 Å². The van der Waals surface area contributed by atoms with Crippen molar-refractivity contribution in [3.63, 3.8) is 0 Å². The van der Waals surface area contributed by atoms with Gasteiger partial charge in [-0.3, -0.25) is 4.55 Å². The summed E-state index contributed by atoms with van der Waals surface area (Å²) < 4.78 is 22.6. The van der Waals surface area contributed by atoms with Crippen LogP contribution < -0.4 is 4.31 Å². The molecular weight excluding hydrogens is 370 g/mol. The minimum Gasteiger partial charge on any atom is -0.478 e. The summed E-state index contributed by atoms with van der Waals surface area (Å²) in [7, 11) is 0. The fourth-order valence-electron chi connectivity index (χ4n) is 2.58. The largest absolute Gasteiger partial charge is 0.478 e. The molecule has 0 aliphatic carbocycles. The fraction of sp³-hybridized carbons (Fsp3) is 0.105. The molecule has 1 atom stereocenters. The van der Waals surface area contributed by atoms with Crippen molar-refractivity contribution < 1.29 is 18.7 Å². The predicted octanol–water partition coefficient (Wildman–Crippen LogP) is 4.51. The van der Waals surface area contributed by atoms with Crippen LogP contribution in [0.4, 0.5) is 10.7 Å². The maximum Gasteiger partial charge on any atom is 0.335 e. The molecule has 0 spiro atoms. The summed E-state index contributed by atoms with van der Waals surface area (Å²) in [6.07, 6.45) is 1.59. The van der Waals surface area contributed by atoms with Crippen molar-refractivity contribution in [3.8, 4) is 0 Å². The Morgan fingerprint density at radius 3 is 2.00 bits per heavy atom. The van der Waals surface area contributed by atoms with Crippen molar-refractivity contribution in [1.29, 1.82) is 0 Å². The minimum absolute atomic E-state index is 0.281. The predicted molar refractivity (Wildman–Crippen MR) is 104 cm³/mol. The summed E-state index contributed by atoms with van der Waals surface area (Å²) >= 11 is -0.734. The van der Waals surface area contributed by atoms with Gasteiger partial charge in [-0.1, -0.05) is 24.3 Å². The van der Waals surface area contributed by atoms with Gasteiger partial charge in [-0.25, -0.2) is 13.3 Å². The zero-order valence-electron chi connectivity index (χ0n) is 13.7. The summed E-state index contributed by atoms with van der Waals surface area (Å²) in [5.41, 5.74) is 3.10. The van der Waals surface area contributed by atoms with E-state index in [0.717, 1.165) is 24.0 Å². The number of hydrogen-bond donors (Lipinski definition) is 2. The van der Waals surface area contributed by atoms with Crippen LogP contribution in [0.5, 0.6) is 0 Å². The van der Waals surface area contributed by atoms with Crippen LogP contribution in [-0.2, 0) is 24.1 Å². The van der Waals surface area contributed by atoms with Gasteiger partial charge in [0.15, 0.2) is 0 Å². The highest BCUT2D eigenvalue weighted by atomic mass is 32.2. The first-order valence-electron chi connectivity index (χ1n) is 7.90. The summed E-state index contributed by atoms with van der Waals surface area (Å²) in [5, 5.41) is 11.5. The molecule has 1 aromatic heterocycles. The lowest BCUT2D eigenvalue weighted by atomic mass is 10.0. The smallest absolute Gasteiger partial charge is 0.335 e. The molecule has 0 radical (unpaired) electrons. The Hall–Kier alpha value is -2.48. The van der Waals surface area contributed by atoms with E-state index >= 15 is 0 Å². The maximum absolute atomic E-state index is 11.7. The number of aromatic carboxylic acids is 1. The third-order valence-electron chi connectivity index (χ3n) is 3.94. The van der Waals surface area contributed by atoms with Crippen LogP contribution in [0.25, 0.3) is 0 Å². The lowest BCUT2D eigenvalue weighted by molar-refractivity contribution is 0.0697. The molecule has 0 fully saturated rings. The van der Waals surface area contributed by atoms with Crippen LogP contribution in [-0.4, -0.2) is 19.8 Å². The lowest BCUT2D eigenvalue weighted by Gasteiger charge is -2.18. The van der Waals surface area contributed by atoms with Gasteiger partial charge < -0.3 is 5.11 Å². The molecule has 3 aromatic rings. The highest BCUT2D eigenvalue weighted by molar-refractivity contribution is 7.81. The van der Waals surface area contributed by atoms with Crippen LogP contribution in [0.3, 0.4) is 0 Å². The molecule has 0 saturated carbocycles. The molecule has 2 N–H and O–H groups in total. The lowest BCUT2D eigenvalue weighted by Crippen LogP contribution is -2.17. The Morgan fingerprint density at radius 1 is 0.962 bits per heavy atom. The van der Waals surface area contributed by atoms with Crippen LogP contribution in [0.15, 0.2) is 66.0 Å². The van der Waals surface area contributed by atoms with Gasteiger partial charge in [-0.2, -0.15) is 0 Å². The topological polar surface area (TPSA) is 77.8 Å². The number of carbonyl (C=O) groups is 1. The molecular formula is C19H17NO4S2. The highest BCUT2D eigenvalue weighted by Crippen LogP contribution is 2.30. The average Bonchev–Trinajstić information content (AvgIpc) is 3.15. The third kappa shape index (κ3) is 4.37. The number of hydrogen-bond acceptors (Lipinski definition) is 3. The molecule has 0 bridgehead atoms. The molecule has 5 nitrogen and oxygen atoms in total. The summed E-state index contributed by atoms with van der Waals surface area (Å²) in [6.45, 7) is 0. The monoisotopic (exact) mass is 387 g/mol. The minimum atomic E-state index is -2.13. The van der Waals surface area contributed by atoms with Crippen molar-refractivity contribution in [2.75, 3.05) is 4.31 Å². The number of carboxylic acid groups (broad SMARTS) is 1. The number of benzene rings is 2. The number of nitrogens with zero attached hydrogens (tertiary/aromatic N) is 1. The molecule has 26 heavy (non-hydrogen) atoms. The molecule has 0 amide bonds. The average molecular weight is 387 g/mol. The molecule has 0 aliphatic heterocycles. The van der Waals surface area contributed by atoms with E-state index in [0.29, 0.717) is 10.7 Å². The van der Waals surface area contributed by atoms with E-state index in [1.54, 1.807) is 18.2 Å². The second-order valence-electron chi connectivity index (χ2n) is 5.64. The quantitative estimate of drug-likeness (QED) is 0.585. The van der Waals surface area contributed by atoms with E-state index in [2.05, 4.69) is 0 Å². The fourth-order valence-corrected chi connectivity index (χ4v) is 4.07. The Morgan fingerprint density at radius 2 is 1.54 bits per heavy atom. The molecule has 2 aromatic carbocycles. The van der Waals surface area contributed by atoms with Crippen molar-refractivity contribution in [2.45, 2.75) is 12.8 Å². The first kappa shape index (κ1) is 18.3. The van der Waals surface area contributed by atoms with E-state index in [1.807, 2.05) is 47.8 Å². The highest BCUT2D eigenvalue weighted by Gasteiger charge is 2.15. The van der Waals surface area contributed by atoms with Crippen molar-refractivity contribution in [2.24, 2.45) is 0 Å². The normalized spacial score (nSPS) is 11.9. The van der Waals surface area contributed by atoms with E-state index in [4.69, 9.17) is 5.11 Å². The molecule has 1 heterocycles. The van der Waals surface area contributed by atoms with E-state index in [9.17, 15) is 13.6 Å². The van der Waals surface area contributed by atoms with E-state index in [1.165, 1.54) is 15.6 Å². The molecule has 7 heteroatoms. The number of carboxylic acids is 1. The Labute approximate surface area is 158 Å². The van der Waals surface area contributed by atoms with E-state index < -0.39 is 17.2 Å². The Bertz CT molecular complexity index is 890. The van der Waals surface area contributed by atoms with Gasteiger partial charge >= 0.3 is 5.97 Å². The summed E-state index contributed by atoms with van der Waals surface area (Å²) in [5.74, 6) is -0.927. The third-order valence-corrected chi connectivity index (χ3v) is 5.63. The van der Waals surface area contributed by atoms with Crippen molar-refractivity contribution in [1.82, 2.24) is 0 Å². The van der Waals surface area contributed by atoms with Gasteiger partial charge in [-0.15, -0.1) is 11.3 Å². The Balaban J connectivity index is 1.67. The molecule has 1 unspecified atom stereocenters. The van der Waals surface area contributed by atoms with Crippen molar-refractivity contribution in [3.05, 3.63) is 82.7 Å². The van der Waals surface area contributed by atoms with Crippen LogP contribution in [0.1, 0.15) is 21.5 Å². The second-order valence-corrected chi connectivity index (χ2v) is 7.40. The van der Waals surface area contributed by atoms with Crippen molar-refractivity contribution >= 4 is 39.3 Å². The standard InChI is InChI=1S/C19H17NO4S2/c21-19(22)16-9-5-14(6-10-16)3-4-15-7-11-17(12-8-15)20(26(23)24)18-2-1-13-25-18/h1-2,5-13H,3-4H2,(H,21,22)(H,23,24). The van der Waals surface area contributed by atoms with Crippen LogP contribution in [0, 0.1) is 0 Å².